The van der Waals surface area contributed by atoms with E-state index < -0.39 is 8.80 Å². The lowest BCUT2D eigenvalue weighted by atomic mass is 10.4. The Morgan fingerprint density at radius 2 is 1.39 bits per heavy atom. The average molecular weight is 351 g/mol. The monoisotopic (exact) mass is 350 g/mol. The maximum Gasteiger partial charge on any atom is 0.500 e. The lowest BCUT2D eigenvalue weighted by Gasteiger charge is -2.28. The summed E-state index contributed by atoms with van der Waals surface area (Å²) < 4.78 is 22.3. The lowest BCUT2D eigenvalue weighted by molar-refractivity contribution is -0.140. The molecule has 0 saturated heterocycles. The zero-order valence-electron chi connectivity index (χ0n) is 15.1. The van der Waals surface area contributed by atoms with Crippen LogP contribution in [0.1, 0.15) is 34.1 Å². The maximum absolute atomic E-state index is 10.6. The minimum absolute atomic E-state index is 0.240. The van der Waals surface area contributed by atoms with E-state index >= 15 is 0 Å². The van der Waals surface area contributed by atoms with Crippen molar-refractivity contribution in [2.75, 3.05) is 52.6 Å². The van der Waals surface area contributed by atoms with E-state index in [-0.39, 0.29) is 5.97 Å². The second-order valence-corrected chi connectivity index (χ2v) is 7.66. The summed E-state index contributed by atoms with van der Waals surface area (Å²) in [5.74, 6) is -0.240. The molecule has 0 unspecified atom stereocenters. The highest BCUT2D eigenvalue weighted by Crippen LogP contribution is 2.17. The molecule has 0 bridgehead atoms. The molecule has 0 aromatic rings. The first-order valence-corrected chi connectivity index (χ1v) is 10.5. The van der Waals surface area contributed by atoms with Crippen molar-refractivity contribution in [2.45, 2.75) is 40.2 Å². The number of carbonyl (C=O) groups is 1. The van der Waals surface area contributed by atoms with Crippen LogP contribution in [0.5, 0.6) is 0 Å². The molecule has 23 heavy (non-hydrogen) atoms. The summed E-state index contributed by atoms with van der Waals surface area (Å²) in [6.07, 6.45) is 0.958. The van der Waals surface area contributed by atoms with Crippen LogP contribution in [0.3, 0.4) is 0 Å². The molecule has 0 amide bonds. The van der Waals surface area contributed by atoms with Gasteiger partial charge in [-0.1, -0.05) is 0 Å². The van der Waals surface area contributed by atoms with Gasteiger partial charge in [-0.05, 0) is 33.7 Å². The van der Waals surface area contributed by atoms with Gasteiger partial charge in [-0.15, -0.1) is 0 Å². The summed E-state index contributed by atoms with van der Waals surface area (Å²) >= 11 is 0. The summed E-state index contributed by atoms with van der Waals surface area (Å²) in [6, 6.07) is 0.829. The van der Waals surface area contributed by atoms with Crippen molar-refractivity contribution in [2.24, 2.45) is 0 Å². The maximum atomic E-state index is 10.6. The highest BCUT2D eigenvalue weighted by molar-refractivity contribution is 6.60. The summed E-state index contributed by atoms with van der Waals surface area (Å²) in [4.78, 5) is 10.6. The molecule has 0 aliphatic carbocycles. The highest BCUT2D eigenvalue weighted by Gasteiger charge is 2.39. The summed E-state index contributed by atoms with van der Waals surface area (Å²) in [5.41, 5.74) is 0. The molecule has 0 aliphatic rings. The summed E-state index contributed by atoms with van der Waals surface area (Å²) in [7, 11) is -2.50. The van der Waals surface area contributed by atoms with Crippen molar-refractivity contribution in [3.05, 3.63) is 0 Å². The van der Waals surface area contributed by atoms with Gasteiger partial charge in [0.25, 0.3) is 0 Å². The van der Waals surface area contributed by atoms with Gasteiger partial charge in [-0.2, -0.15) is 0 Å². The van der Waals surface area contributed by atoms with Gasteiger partial charge in [0.1, 0.15) is 6.61 Å². The predicted octanol–water partition coefficient (Wildman–Crippen LogP) is 1.17. The van der Waals surface area contributed by atoms with Crippen LogP contribution in [-0.4, -0.2) is 67.4 Å². The molecule has 0 radical (unpaired) electrons. The Morgan fingerprint density at radius 3 is 1.87 bits per heavy atom. The van der Waals surface area contributed by atoms with Crippen LogP contribution in [0, 0.1) is 0 Å². The Balaban J connectivity index is 3.71. The molecule has 0 heterocycles. The van der Waals surface area contributed by atoms with Gasteiger partial charge in [0.15, 0.2) is 0 Å². The minimum Gasteiger partial charge on any atom is -0.465 e. The third kappa shape index (κ3) is 12.6. The number of hydrogen-bond donors (Lipinski definition) is 2. The van der Waals surface area contributed by atoms with Crippen LogP contribution < -0.4 is 10.6 Å². The Morgan fingerprint density at radius 1 is 0.870 bits per heavy atom. The number of rotatable bonds is 16. The summed E-state index contributed by atoms with van der Waals surface area (Å²) in [5, 5.41) is 6.57. The van der Waals surface area contributed by atoms with E-state index in [9.17, 15) is 4.79 Å². The van der Waals surface area contributed by atoms with E-state index in [4.69, 9.17) is 18.0 Å². The molecule has 7 nitrogen and oxygen atoms in total. The van der Waals surface area contributed by atoms with Gasteiger partial charge in [-0.3, -0.25) is 4.79 Å². The predicted molar refractivity (Wildman–Crippen MR) is 92.4 cm³/mol. The quantitative estimate of drug-likeness (QED) is 0.246. The minimum atomic E-state index is -2.50. The normalized spacial score (nSPS) is 11.7. The van der Waals surface area contributed by atoms with E-state index in [1.165, 1.54) is 6.92 Å². The fraction of sp³-hybridized carbons (Fsp3) is 0.933. The molecule has 138 valence electrons. The molecular weight excluding hydrogens is 316 g/mol. The first-order chi connectivity index (χ1) is 11.1. The van der Waals surface area contributed by atoms with Crippen LogP contribution >= 0.6 is 0 Å². The van der Waals surface area contributed by atoms with Crippen molar-refractivity contribution in [1.82, 2.24) is 10.6 Å². The standard InChI is InChI=1S/C15H34N2O5Si/c1-5-20-23(21-6-2,22-7-3)14-8-9-16-10-11-17-12-13-19-15(4)18/h16-17H,5-14H2,1-4H3. The van der Waals surface area contributed by atoms with Crippen molar-refractivity contribution in [3.8, 4) is 0 Å². The van der Waals surface area contributed by atoms with Crippen LogP contribution in [0.2, 0.25) is 6.04 Å². The summed E-state index contributed by atoms with van der Waals surface area (Å²) in [6.45, 7) is 12.9. The van der Waals surface area contributed by atoms with E-state index in [1.807, 2.05) is 20.8 Å². The number of carbonyl (C=O) groups excluding carboxylic acids is 1. The average Bonchev–Trinajstić information content (AvgIpc) is 2.49. The van der Waals surface area contributed by atoms with Crippen molar-refractivity contribution < 1.29 is 22.8 Å². The first-order valence-electron chi connectivity index (χ1n) is 8.56. The van der Waals surface area contributed by atoms with E-state index in [0.29, 0.717) is 33.0 Å². The molecule has 0 rings (SSSR count). The molecule has 0 spiro atoms. The molecule has 0 aromatic heterocycles. The van der Waals surface area contributed by atoms with Gasteiger partial charge in [0.05, 0.1) is 0 Å². The molecular formula is C15H34N2O5Si. The van der Waals surface area contributed by atoms with Crippen molar-refractivity contribution >= 4 is 14.8 Å². The highest BCUT2D eigenvalue weighted by atomic mass is 28.4. The fourth-order valence-corrected chi connectivity index (χ4v) is 4.74. The molecule has 0 aliphatic heterocycles. The van der Waals surface area contributed by atoms with Gasteiger partial charge in [0, 0.05) is 52.4 Å². The van der Waals surface area contributed by atoms with E-state index in [2.05, 4.69) is 10.6 Å². The largest absolute Gasteiger partial charge is 0.500 e. The van der Waals surface area contributed by atoms with Gasteiger partial charge < -0.3 is 28.6 Å². The Labute approximate surface area is 141 Å². The Bertz CT molecular complexity index is 278. The Kier molecular flexibility index (Phi) is 14.7. The smallest absolute Gasteiger partial charge is 0.465 e. The molecule has 8 heteroatoms. The SMILES string of the molecule is CCO[Si](CCCNCCNCCOC(C)=O)(OCC)OCC. The molecule has 0 saturated carbocycles. The topological polar surface area (TPSA) is 78.0 Å². The number of esters is 1. The molecule has 2 N–H and O–H groups in total. The molecule has 0 atom stereocenters. The third-order valence-electron chi connectivity index (χ3n) is 2.99. The van der Waals surface area contributed by atoms with Gasteiger partial charge >= 0.3 is 14.8 Å². The molecule has 0 fully saturated rings. The van der Waals surface area contributed by atoms with Crippen LogP contribution in [0.25, 0.3) is 0 Å². The van der Waals surface area contributed by atoms with Crippen LogP contribution in [-0.2, 0) is 22.8 Å². The number of nitrogens with one attached hydrogen (secondary N) is 2. The Hall–Kier alpha value is -0.513. The lowest BCUT2D eigenvalue weighted by Crippen LogP contribution is -2.46. The zero-order valence-corrected chi connectivity index (χ0v) is 16.1. The van der Waals surface area contributed by atoms with E-state index in [0.717, 1.165) is 32.1 Å². The van der Waals surface area contributed by atoms with Crippen LogP contribution in [0.4, 0.5) is 0 Å². The third-order valence-corrected chi connectivity index (χ3v) is 6.14. The van der Waals surface area contributed by atoms with Crippen molar-refractivity contribution in [1.29, 1.82) is 0 Å². The van der Waals surface area contributed by atoms with E-state index in [1.54, 1.807) is 0 Å². The second-order valence-electron chi connectivity index (χ2n) is 4.93. The van der Waals surface area contributed by atoms with Crippen LogP contribution in [0.15, 0.2) is 0 Å². The first kappa shape index (κ1) is 22.5. The number of hydrogen-bond acceptors (Lipinski definition) is 7. The fourth-order valence-electron chi connectivity index (χ4n) is 2.12. The van der Waals surface area contributed by atoms with Gasteiger partial charge in [0.2, 0.25) is 0 Å². The second kappa shape index (κ2) is 15.0. The zero-order chi connectivity index (χ0) is 17.4. The van der Waals surface area contributed by atoms with Crippen molar-refractivity contribution in [3.63, 3.8) is 0 Å². The molecule has 0 aromatic carbocycles. The number of ether oxygens (including phenoxy) is 1. The van der Waals surface area contributed by atoms with Gasteiger partial charge in [-0.25, -0.2) is 0 Å².